The van der Waals surface area contributed by atoms with Crippen molar-refractivity contribution in [2.45, 2.75) is 0 Å². The fourth-order valence-electron chi connectivity index (χ4n) is 9.83. The summed E-state index contributed by atoms with van der Waals surface area (Å²) in [5.41, 5.74) is 12.8. The predicted octanol–water partition coefficient (Wildman–Crippen LogP) is 16.0. The van der Waals surface area contributed by atoms with Crippen LogP contribution in [0.2, 0.25) is 0 Å². The average Bonchev–Trinajstić information content (AvgIpc) is 3.70. The zero-order valence-electron chi connectivity index (χ0n) is 32.2. The summed E-state index contributed by atoms with van der Waals surface area (Å²) in [5.74, 6) is 0. The molecule has 0 radical (unpaired) electrons. The molecule has 0 saturated heterocycles. The summed E-state index contributed by atoms with van der Waals surface area (Å²) >= 11 is 0.162. The van der Waals surface area contributed by atoms with Crippen LogP contribution < -0.4 is 0 Å². The second-order valence-corrected chi connectivity index (χ2v) is 17.7. The van der Waals surface area contributed by atoms with Crippen molar-refractivity contribution in [3.8, 4) is 55.6 Å². The van der Waals surface area contributed by atoms with Crippen molar-refractivity contribution in [3.63, 3.8) is 0 Å². The van der Waals surface area contributed by atoms with Crippen molar-refractivity contribution in [1.82, 2.24) is 0 Å². The van der Waals surface area contributed by atoms with Gasteiger partial charge in [0.15, 0.2) is 0 Å². The van der Waals surface area contributed by atoms with Gasteiger partial charge in [0.1, 0.15) is 0 Å². The van der Waals surface area contributed by atoms with Crippen molar-refractivity contribution in [3.05, 3.63) is 218 Å². The molecule has 12 rings (SSSR count). The van der Waals surface area contributed by atoms with Crippen molar-refractivity contribution >= 4 is 76.9 Å². The Kier molecular flexibility index (Phi) is 7.98. The van der Waals surface area contributed by atoms with Crippen LogP contribution in [0.3, 0.4) is 0 Å². The van der Waals surface area contributed by atoms with Gasteiger partial charge < -0.3 is 0 Å². The third kappa shape index (κ3) is 5.37. The summed E-state index contributed by atoms with van der Waals surface area (Å²) < 4.78 is 2.89. The molecule has 0 aliphatic rings. The molecule has 1 heterocycles. The van der Waals surface area contributed by atoms with E-state index in [9.17, 15) is 0 Å². The van der Waals surface area contributed by atoms with Crippen molar-refractivity contribution in [1.29, 1.82) is 0 Å². The Morgan fingerprint density at radius 1 is 0.220 bits per heavy atom. The molecule has 0 N–H and O–H groups in total. The first-order valence-corrected chi connectivity index (χ1v) is 22.1. The summed E-state index contributed by atoms with van der Waals surface area (Å²) in [4.78, 5) is 0. The molecular formula is C58H36Se. The summed E-state index contributed by atoms with van der Waals surface area (Å²) in [6, 6.07) is 81.1. The van der Waals surface area contributed by atoms with Crippen LogP contribution in [-0.4, -0.2) is 14.5 Å². The zero-order chi connectivity index (χ0) is 38.9. The van der Waals surface area contributed by atoms with Gasteiger partial charge in [0.25, 0.3) is 0 Å². The Balaban J connectivity index is 1.18. The van der Waals surface area contributed by atoms with Gasteiger partial charge >= 0.3 is 333 Å². The normalized spacial score (nSPS) is 11.7. The molecule has 0 spiro atoms. The van der Waals surface area contributed by atoms with Crippen LogP contribution in [0, 0.1) is 0 Å². The Morgan fingerprint density at radius 2 is 0.542 bits per heavy atom. The molecule has 0 nitrogen and oxygen atoms in total. The minimum absolute atomic E-state index is 0.162. The van der Waals surface area contributed by atoms with Crippen molar-refractivity contribution < 1.29 is 0 Å². The van der Waals surface area contributed by atoms with E-state index < -0.39 is 0 Å². The van der Waals surface area contributed by atoms with E-state index in [2.05, 4.69) is 218 Å². The van der Waals surface area contributed by atoms with Gasteiger partial charge in [-0.15, -0.1) is 0 Å². The van der Waals surface area contributed by atoms with E-state index in [1.807, 2.05) is 0 Å². The number of hydrogen-bond donors (Lipinski definition) is 0. The van der Waals surface area contributed by atoms with Gasteiger partial charge in [-0.2, -0.15) is 0 Å². The smallest absolute Gasteiger partial charge is 0.0617 e. The van der Waals surface area contributed by atoms with E-state index in [0.29, 0.717) is 0 Å². The molecule has 1 aromatic heterocycles. The van der Waals surface area contributed by atoms with Gasteiger partial charge in [-0.3, -0.25) is 0 Å². The fraction of sp³-hybridized carbons (Fsp3) is 0. The van der Waals surface area contributed by atoms with E-state index in [1.54, 1.807) is 0 Å². The van der Waals surface area contributed by atoms with Crippen LogP contribution in [0.4, 0.5) is 0 Å². The molecule has 0 amide bonds. The molecule has 274 valence electrons. The van der Waals surface area contributed by atoms with Crippen molar-refractivity contribution in [2.75, 3.05) is 0 Å². The summed E-state index contributed by atoms with van der Waals surface area (Å²) in [6.45, 7) is 0. The maximum absolute atomic E-state index is 2.39. The molecule has 0 aliphatic heterocycles. The van der Waals surface area contributed by atoms with Gasteiger partial charge in [0.2, 0.25) is 0 Å². The van der Waals surface area contributed by atoms with Crippen molar-refractivity contribution in [2.24, 2.45) is 0 Å². The third-order valence-corrected chi connectivity index (χ3v) is 14.6. The van der Waals surface area contributed by atoms with Gasteiger partial charge in [0.05, 0.1) is 0 Å². The van der Waals surface area contributed by atoms with E-state index in [4.69, 9.17) is 0 Å². The summed E-state index contributed by atoms with van der Waals surface area (Å²) in [5, 5.41) is 13.0. The minimum atomic E-state index is 0.162. The van der Waals surface area contributed by atoms with Crippen LogP contribution >= 0.6 is 0 Å². The second kappa shape index (κ2) is 13.8. The molecule has 11 aromatic carbocycles. The van der Waals surface area contributed by atoms with E-state index in [1.165, 1.54) is 118 Å². The first kappa shape index (κ1) is 34.1. The fourth-order valence-corrected chi connectivity index (χ4v) is 12.3. The Hall–Kier alpha value is -7.02. The molecule has 0 aliphatic carbocycles. The first-order valence-electron chi connectivity index (χ1n) is 20.3. The van der Waals surface area contributed by atoms with Crippen LogP contribution in [0.5, 0.6) is 0 Å². The quantitative estimate of drug-likeness (QED) is 0.120. The number of fused-ring (bicyclic) bond motifs is 7. The maximum atomic E-state index is 2.39. The molecule has 0 unspecified atom stereocenters. The van der Waals surface area contributed by atoms with E-state index in [0.717, 1.165) is 0 Å². The van der Waals surface area contributed by atoms with Gasteiger partial charge in [-0.25, -0.2) is 0 Å². The zero-order valence-corrected chi connectivity index (χ0v) is 33.9. The topological polar surface area (TPSA) is 0 Å². The second-order valence-electron chi connectivity index (χ2n) is 15.5. The number of rotatable bonds is 5. The Labute approximate surface area is 349 Å². The molecule has 0 saturated carbocycles. The summed E-state index contributed by atoms with van der Waals surface area (Å²) in [7, 11) is 0. The minimum Gasteiger partial charge on any atom is -0.0617 e. The van der Waals surface area contributed by atoms with Crippen LogP contribution in [0.15, 0.2) is 218 Å². The first-order chi connectivity index (χ1) is 29.3. The number of benzene rings is 11. The summed E-state index contributed by atoms with van der Waals surface area (Å²) in [6.07, 6.45) is 0. The van der Waals surface area contributed by atoms with E-state index in [-0.39, 0.29) is 14.5 Å². The van der Waals surface area contributed by atoms with Gasteiger partial charge in [-0.05, 0) is 0 Å². The molecule has 0 bridgehead atoms. The monoisotopic (exact) mass is 812 g/mol. The molecule has 12 aromatic rings. The Bertz CT molecular complexity index is 3480. The van der Waals surface area contributed by atoms with Crippen LogP contribution in [-0.2, 0) is 0 Å². The van der Waals surface area contributed by atoms with Gasteiger partial charge in [-0.1, -0.05) is 18.2 Å². The standard InChI is InChI=1S/C58H36Se/c1-3-18-37(19-4-1)39-22-15-23-40(36-39)54-43-26-9-13-30-47(43)56(48-31-14-10-27-44(48)54)50-33-17-35-52-58(50)57-49(32-16-34-51(57)59-52)55-45-28-11-7-24-41(45)53(38-20-5-2-6-21-38)42-25-8-12-29-46(42)55/h1-36H. The molecular weight excluding hydrogens is 776 g/mol. The third-order valence-electron chi connectivity index (χ3n) is 12.2. The molecule has 0 fully saturated rings. The average molecular weight is 812 g/mol. The van der Waals surface area contributed by atoms with E-state index >= 15 is 0 Å². The molecule has 0 atom stereocenters. The van der Waals surface area contributed by atoms with Crippen LogP contribution in [0.25, 0.3) is 118 Å². The molecule has 59 heavy (non-hydrogen) atoms. The number of hydrogen-bond acceptors (Lipinski definition) is 0. The SMILES string of the molecule is c1ccc(-c2cccc(-c3c4ccccc4c(-c4cccc5[se]c6cccc(-c7c8ccccc8c(-c8ccccc8)c8ccccc78)c6c45)c4ccccc34)c2)cc1. The van der Waals surface area contributed by atoms with Gasteiger partial charge in [0, 0.05) is 0 Å². The molecule has 1 heteroatoms. The Morgan fingerprint density at radius 3 is 0.983 bits per heavy atom. The van der Waals surface area contributed by atoms with Crippen LogP contribution in [0.1, 0.15) is 0 Å². The predicted molar refractivity (Wildman–Crippen MR) is 256 cm³/mol.